The summed E-state index contributed by atoms with van der Waals surface area (Å²) in [6.07, 6.45) is -0.156. The average molecular weight is 465 g/mol. The summed E-state index contributed by atoms with van der Waals surface area (Å²) in [5.74, 6) is -0.649. The third-order valence-corrected chi connectivity index (χ3v) is 6.03. The molecule has 0 aliphatic carbocycles. The Morgan fingerprint density at radius 1 is 1.24 bits per heavy atom. The first-order valence-corrected chi connectivity index (χ1v) is 11.2. The number of nitrogens with zero attached hydrogens (tertiary/aromatic N) is 2. The summed E-state index contributed by atoms with van der Waals surface area (Å²) < 4.78 is 60.4. The third kappa shape index (κ3) is 4.99. The molecule has 9 heteroatoms. The van der Waals surface area contributed by atoms with Crippen LogP contribution in [0.5, 0.6) is 5.75 Å². The van der Waals surface area contributed by atoms with Crippen LogP contribution in [0.15, 0.2) is 36.5 Å². The molecule has 2 N–H and O–H groups in total. The number of rotatable bonds is 10. The number of aromatic nitrogens is 2. The second-order valence-corrected chi connectivity index (χ2v) is 8.26. The quantitative estimate of drug-likeness (QED) is 0.339. The average Bonchev–Trinajstić information content (AvgIpc) is 3.16. The molecule has 0 saturated carbocycles. The molecule has 178 valence electrons. The molecule has 0 saturated heterocycles. The smallest absolute Gasteiger partial charge is 0.251 e. The second-order valence-electron chi connectivity index (χ2n) is 8.26. The predicted octanol–water partition coefficient (Wildman–Crippen LogP) is 4.63. The maximum absolute atomic E-state index is 15.6. The maximum Gasteiger partial charge on any atom is 0.251 e. The highest BCUT2D eigenvalue weighted by Gasteiger charge is 2.39. The zero-order valence-electron chi connectivity index (χ0n) is 18.5. The minimum absolute atomic E-state index is 0.0141. The van der Waals surface area contributed by atoms with Gasteiger partial charge in [-0.25, -0.2) is 13.2 Å². The summed E-state index contributed by atoms with van der Waals surface area (Å²) in [7, 11) is 0. The maximum atomic E-state index is 15.6. The van der Waals surface area contributed by atoms with Gasteiger partial charge in [0.25, 0.3) is 6.43 Å². The molecule has 0 amide bonds. The van der Waals surface area contributed by atoms with Gasteiger partial charge >= 0.3 is 0 Å². The number of para-hydroxylation sites is 1. The van der Waals surface area contributed by atoms with Gasteiger partial charge in [-0.15, -0.1) is 0 Å². The van der Waals surface area contributed by atoms with Crippen molar-refractivity contribution in [2.75, 3.05) is 32.9 Å². The van der Waals surface area contributed by atoms with E-state index in [0.29, 0.717) is 31.6 Å². The van der Waals surface area contributed by atoms with Gasteiger partial charge in [0.15, 0.2) is 11.6 Å². The number of H-pyrrole nitrogens is 1. The fraction of sp³-hybridized carbons (Fsp3) is 0.458. The molecule has 2 aromatic heterocycles. The molecule has 33 heavy (non-hydrogen) atoms. The van der Waals surface area contributed by atoms with E-state index in [-0.39, 0.29) is 24.1 Å². The number of nitrogens with one attached hydrogen (secondary N) is 2. The Balaban J connectivity index is 1.68. The lowest BCUT2D eigenvalue weighted by molar-refractivity contribution is 0.0434. The molecule has 1 aromatic carbocycles. The largest absolute Gasteiger partial charge is 0.489 e. The Kier molecular flexibility index (Phi) is 7.49. The highest BCUT2D eigenvalue weighted by molar-refractivity contribution is 5.85. The van der Waals surface area contributed by atoms with Crippen molar-refractivity contribution in [1.29, 1.82) is 0 Å². The number of aromatic amines is 1. The molecule has 1 aliphatic rings. The van der Waals surface area contributed by atoms with Gasteiger partial charge in [-0.2, -0.15) is 0 Å². The van der Waals surface area contributed by atoms with Crippen molar-refractivity contribution >= 4 is 10.9 Å². The fourth-order valence-corrected chi connectivity index (χ4v) is 4.54. The van der Waals surface area contributed by atoms with Crippen molar-refractivity contribution in [3.63, 3.8) is 0 Å². The van der Waals surface area contributed by atoms with Crippen LogP contribution in [-0.2, 0) is 6.42 Å². The Bertz CT molecular complexity index is 1070. The molecule has 3 heterocycles. The Labute approximate surface area is 190 Å². The van der Waals surface area contributed by atoms with E-state index < -0.39 is 31.5 Å². The lowest BCUT2D eigenvalue weighted by atomic mass is 9.90. The Morgan fingerprint density at radius 2 is 2.06 bits per heavy atom. The van der Waals surface area contributed by atoms with Crippen LogP contribution in [0.3, 0.4) is 0 Å². The SMILES string of the molecule is C[C@@H]1Cc2c([nH]c3ccccc23)C(c2nccc(OCCNCCCF)c2F)N1CC(F)F. The van der Waals surface area contributed by atoms with Crippen molar-refractivity contribution in [3.8, 4) is 5.75 Å². The molecular weight excluding hydrogens is 436 g/mol. The molecule has 0 fully saturated rings. The summed E-state index contributed by atoms with van der Waals surface area (Å²) in [4.78, 5) is 9.21. The molecular formula is C24H28F4N4O. The van der Waals surface area contributed by atoms with Gasteiger partial charge in [-0.05, 0) is 37.9 Å². The van der Waals surface area contributed by atoms with E-state index in [9.17, 15) is 13.2 Å². The predicted molar refractivity (Wildman–Crippen MR) is 119 cm³/mol. The fourth-order valence-electron chi connectivity index (χ4n) is 4.54. The van der Waals surface area contributed by atoms with Crippen molar-refractivity contribution in [3.05, 3.63) is 59.3 Å². The van der Waals surface area contributed by atoms with Crippen LogP contribution in [0, 0.1) is 5.82 Å². The lowest BCUT2D eigenvalue weighted by Gasteiger charge is -2.40. The first-order chi connectivity index (χ1) is 16.0. The van der Waals surface area contributed by atoms with Crippen molar-refractivity contribution in [2.24, 2.45) is 0 Å². The lowest BCUT2D eigenvalue weighted by Crippen LogP contribution is -2.45. The molecule has 2 atom stereocenters. The van der Waals surface area contributed by atoms with Crippen LogP contribution in [0.2, 0.25) is 0 Å². The van der Waals surface area contributed by atoms with Gasteiger partial charge in [-0.3, -0.25) is 14.3 Å². The number of fused-ring (bicyclic) bond motifs is 3. The van der Waals surface area contributed by atoms with E-state index in [1.54, 1.807) is 4.90 Å². The number of pyridine rings is 1. The van der Waals surface area contributed by atoms with E-state index >= 15 is 4.39 Å². The highest BCUT2D eigenvalue weighted by Crippen LogP contribution is 2.42. The number of benzene rings is 1. The third-order valence-electron chi connectivity index (χ3n) is 6.03. The number of hydrogen-bond acceptors (Lipinski definition) is 4. The molecule has 5 nitrogen and oxygen atoms in total. The number of hydrogen-bond donors (Lipinski definition) is 2. The van der Waals surface area contributed by atoms with Gasteiger partial charge in [0.05, 0.1) is 19.3 Å². The van der Waals surface area contributed by atoms with Crippen molar-refractivity contribution in [2.45, 2.75) is 38.3 Å². The van der Waals surface area contributed by atoms with Crippen molar-refractivity contribution in [1.82, 2.24) is 20.2 Å². The summed E-state index contributed by atoms with van der Waals surface area (Å²) >= 11 is 0. The monoisotopic (exact) mass is 464 g/mol. The Morgan fingerprint density at radius 3 is 2.85 bits per heavy atom. The minimum atomic E-state index is -2.57. The molecule has 1 unspecified atom stereocenters. The van der Waals surface area contributed by atoms with Crippen LogP contribution >= 0.6 is 0 Å². The zero-order valence-corrected chi connectivity index (χ0v) is 18.5. The first-order valence-electron chi connectivity index (χ1n) is 11.2. The minimum Gasteiger partial charge on any atom is -0.489 e. The van der Waals surface area contributed by atoms with Crippen LogP contribution in [0.1, 0.15) is 36.3 Å². The number of halogens is 4. The summed E-state index contributed by atoms with van der Waals surface area (Å²) in [5.41, 5.74) is 2.62. The highest BCUT2D eigenvalue weighted by atomic mass is 19.3. The molecule has 0 bridgehead atoms. The number of ether oxygens (including phenoxy) is 1. The van der Waals surface area contributed by atoms with E-state index in [0.717, 1.165) is 16.5 Å². The second kappa shape index (κ2) is 10.5. The van der Waals surface area contributed by atoms with Gasteiger partial charge in [0.2, 0.25) is 0 Å². The van der Waals surface area contributed by atoms with Gasteiger partial charge in [-0.1, -0.05) is 18.2 Å². The molecule has 4 rings (SSSR count). The van der Waals surface area contributed by atoms with Gasteiger partial charge in [0, 0.05) is 41.4 Å². The van der Waals surface area contributed by atoms with Crippen LogP contribution in [0.4, 0.5) is 17.6 Å². The molecule has 1 aliphatic heterocycles. The zero-order chi connectivity index (χ0) is 23.4. The molecule has 0 spiro atoms. The summed E-state index contributed by atoms with van der Waals surface area (Å²) in [6.45, 7) is 2.11. The normalized spacial score (nSPS) is 18.7. The van der Waals surface area contributed by atoms with Crippen LogP contribution in [0.25, 0.3) is 10.9 Å². The summed E-state index contributed by atoms with van der Waals surface area (Å²) in [6, 6.07) is 8.13. The van der Waals surface area contributed by atoms with Crippen LogP contribution in [-0.4, -0.2) is 60.3 Å². The van der Waals surface area contributed by atoms with E-state index in [1.807, 2.05) is 31.2 Å². The standard InChI is InChI=1S/C24H28F4N4O/c1-15-13-17-16-5-2-3-6-18(16)31-22(17)24(32(15)14-20(26)27)23-21(28)19(7-10-30-23)33-12-11-29-9-4-8-25/h2-3,5-7,10,15,20,24,29,31H,4,8-9,11-14H2,1H3/t15-,24?/m1/s1. The number of alkyl halides is 3. The first kappa shape index (κ1) is 23.5. The van der Waals surface area contributed by atoms with Crippen molar-refractivity contribution < 1.29 is 22.3 Å². The topological polar surface area (TPSA) is 53.2 Å². The molecule has 0 radical (unpaired) electrons. The van der Waals surface area contributed by atoms with E-state index in [2.05, 4.69) is 15.3 Å². The van der Waals surface area contributed by atoms with Crippen LogP contribution < -0.4 is 10.1 Å². The summed E-state index contributed by atoms with van der Waals surface area (Å²) in [5, 5.41) is 4.02. The Hall–Kier alpha value is -2.65. The van der Waals surface area contributed by atoms with E-state index in [1.165, 1.54) is 12.3 Å². The van der Waals surface area contributed by atoms with Gasteiger partial charge < -0.3 is 15.0 Å². The van der Waals surface area contributed by atoms with E-state index in [4.69, 9.17) is 4.74 Å². The van der Waals surface area contributed by atoms with Gasteiger partial charge in [0.1, 0.15) is 12.3 Å². The molecule has 3 aromatic rings.